The second kappa shape index (κ2) is 8.55. The fourth-order valence-corrected chi connectivity index (χ4v) is 2.39. The minimum absolute atomic E-state index is 0.686. The quantitative estimate of drug-likeness (QED) is 0.522. The number of rotatable bonds is 3. The topological polar surface area (TPSA) is 114 Å². The van der Waals surface area contributed by atoms with Crippen LogP contribution in [0.5, 0.6) is 5.75 Å². The summed E-state index contributed by atoms with van der Waals surface area (Å²) in [5.41, 5.74) is 4.25. The predicted octanol–water partition coefficient (Wildman–Crippen LogP) is 3.72. The number of imidazole rings is 1. The number of ether oxygens (including phenoxy) is 1. The van der Waals surface area contributed by atoms with Gasteiger partial charge >= 0.3 is 12.1 Å². The Hall–Kier alpha value is -4.02. The molecule has 0 radical (unpaired) electrons. The molecule has 0 unspecified atom stereocenters. The van der Waals surface area contributed by atoms with Gasteiger partial charge in [0.1, 0.15) is 17.8 Å². The molecular formula is C19H14F3N5O3. The van der Waals surface area contributed by atoms with E-state index in [0.717, 1.165) is 28.0 Å². The summed E-state index contributed by atoms with van der Waals surface area (Å²) in [6.45, 7) is 0. The highest BCUT2D eigenvalue weighted by molar-refractivity contribution is 5.79. The lowest BCUT2D eigenvalue weighted by Gasteiger charge is -2.04. The van der Waals surface area contributed by atoms with Gasteiger partial charge in [-0.15, -0.1) is 0 Å². The average Bonchev–Trinajstić information content (AvgIpc) is 3.18. The Balaban J connectivity index is 0.000000318. The van der Waals surface area contributed by atoms with E-state index in [9.17, 15) is 13.2 Å². The van der Waals surface area contributed by atoms with Gasteiger partial charge in [-0.1, -0.05) is 12.1 Å². The van der Waals surface area contributed by atoms with Crippen molar-refractivity contribution in [1.29, 1.82) is 0 Å². The molecule has 0 spiro atoms. The highest BCUT2D eigenvalue weighted by Gasteiger charge is 2.38. The number of benzene rings is 1. The lowest BCUT2D eigenvalue weighted by Crippen LogP contribution is -2.21. The zero-order chi connectivity index (χ0) is 21.7. The number of aliphatic carboxylic acids is 1. The van der Waals surface area contributed by atoms with Gasteiger partial charge in [0.2, 0.25) is 0 Å². The fourth-order valence-electron chi connectivity index (χ4n) is 2.39. The number of fused-ring (bicyclic) bond motifs is 1. The number of carbonyl (C=O) groups is 1. The summed E-state index contributed by atoms with van der Waals surface area (Å²) < 4.78 is 36.9. The number of nitrogens with one attached hydrogen (secondary N) is 1. The van der Waals surface area contributed by atoms with Crippen LogP contribution >= 0.6 is 0 Å². The maximum Gasteiger partial charge on any atom is 0.490 e. The normalized spacial score (nSPS) is 10.9. The number of aromatic amines is 1. The molecule has 1 aromatic carbocycles. The highest BCUT2D eigenvalue weighted by Crippen LogP contribution is 2.24. The van der Waals surface area contributed by atoms with Crippen molar-refractivity contribution in [3.05, 3.63) is 55.1 Å². The number of nitrogens with zero attached hydrogens (tertiary/aromatic N) is 4. The van der Waals surface area contributed by atoms with Gasteiger partial charge < -0.3 is 14.8 Å². The second-order valence-electron chi connectivity index (χ2n) is 5.81. The Bertz CT molecular complexity index is 1140. The molecule has 0 fully saturated rings. The molecule has 3 aromatic heterocycles. The van der Waals surface area contributed by atoms with E-state index in [4.69, 9.17) is 14.6 Å². The average molecular weight is 417 g/mol. The van der Waals surface area contributed by atoms with E-state index in [1.54, 1.807) is 19.5 Å². The van der Waals surface area contributed by atoms with Gasteiger partial charge in [-0.2, -0.15) is 13.2 Å². The number of halogens is 3. The minimum Gasteiger partial charge on any atom is -0.495 e. The molecule has 0 saturated carbocycles. The SMILES string of the molecule is COc1cncc(-c2cc(-c3nc4ccccc4[nH]3)ncn2)c1.O=C(O)C(F)(F)F. The molecule has 0 atom stereocenters. The van der Waals surface area contributed by atoms with E-state index in [2.05, 4.69) is 24.9 Å². The number of H-pyrrole nitrogens is 1. The maximum atomic E-state index is 10.6. The summed E-state index contributed by atoms with van der Waals surface area (Å²) in [5.74, 6) is -1.36. The molecule has 4 aromatic rings. The second-order valence-corrected chi connectivity index (χ2v) is 5.81. The standard InChI is InChI=1S/C17H13N5O.C2HF3O2/c1-23-12-6-11(8-18-9-12)15-7-16(20-10-19-15)17-21-13-4-2-3-5-14(13)22-17;3-2(4,5)1(6)7/h2-10H,1H3,(H,21,22);(H,6,7). The van der Waals surface area contributed by atoms with Crippen LogP contribution < -0.4 is 4.74 Å². The van der Waals surface area contributed by atoms with Crippen LogP contribution in [-0.4, -0.2) is 49.3 Å². The van der Waals surface area contributed by atoms with Crippen molar-refractivity contribution in [3.63, 3.8) is 0 Å². The van der Waals surface area contributed by atoms with E-state index in [1.807, 2.05) is 36.4 Å². The van der Waals surface area contributed by atoms with Crippen molar-refractivity contribution in [2.45, 2.75) is 6.18 Å². The number of aromatic nitrogens is 5. The number of carboxylic acids is 1. The van der Waals surface area contributed by atoms with Crippen LogP contribution in [0.25, 0.3) is 33.8 Å². The third kappa shape index (κ3) is 4.87. The maximum absolute atomic E-state index is 10.6. The number of hydrogen-bond donors (Lipinski definition) is 2. The lowest BCUT2D eigenvalue weighted by molar-refractivity contribution is -0.192. The molecule has 0 aliphatic carbocycles. The first-order valence-corrected chi connectivity index (χ1v) is 8.34. The Morgan fingerprint density at radius 1 is 1.10 bits per heavy atom. The first-order valence-electron chi connectivity index (χ1n) is 8.34. The molecule has 3 heterocycles. The molecule has 8 nitrogen and oxygen atoms in total. The number of alkyl halides is 3. The van der Waals surface area contributed by atoms with Gasteiger partial charge in [-0.3, -0.25) is 4.98 Å². The molecule has 30 heavy (non-hydrogen) atoms. The van der Waals surface area contributed by atoms with E-state index in [1.165, 1.54) is 6.33 Å². The third-order valence-electron chi connectivity index (χ3n) is 3.79. The van der Waals surface area contributed by atoms with Gasteiger partial charge in [0, 0.05) is 11.8 Å². The molecular weight excluding hydrogens is 403 g/mol. The number of methoxy groups -OCH3 is 1. The Morgan fingerprint density at radius 3 is 2.47 bits per heavy atom. The first kappa shape index (κ1) is 20.7. The van der Waals surface area contributed by atoms with Crippen LogP contribution in [0, 0.1) is 0 Å². The fraction of sp³-hybridized carbons (Fsp3) is 0.105. The smallest absolute Gasteiger partial charge is 0.490 e. The van der Waals surface area contributed by atoms with E-state index in [-0.39, 0.29) is 0 Å². The van der Waals surface area contributed by atoms with E-state index in [0.29, 0.717) is 11.6 Å². The summed E-state index contributed by atoms with van der Waals surface area (Å²) in [5, 5.41) is 7.12. The Labute approximate surface area is 167 Å². The number of pyridine rings is 1. The van der Waals surface area contributed by atoms with Gasteiger partial charge in [0.25, 0.3) is 0 Å². The molecule has 11 heteroatoms. The number of para-hydroxylation sites is 2. The van der Waals surface area contributed by atoms with Crippen LogP contribution in [0.3, 0.4) is 0 Å². The molecule has 2 N–H and O–H groups in total. The Kier molecular flexibility index (Phi) is 5.90. The van der Waals surface area contributed by atoms with Crippen molar-refractivity contribution >= 4 is 17.0 Å². The monoisotopic (exact) mass is 417 g/mol. The van der Waals surface area contributed by atoms with Crippen LogP contribution in [0.15, 0.2) is 55.1 Å². The zero-order valence-corrected chi connectivity index (χ0v) is 15.4. The molecule has 0 saturated heterocycles. The van der Waals surface area contributed by atoms with Gasteiger partial charge in [0.05, 0.1) is 30.0 Å². The van der Waals surface area contributed by atoms with Crippen molar-refractivity contribution < 1.29 is 27.8 Å². The largest absolute Gasteiger partial charge is 0.495 e. The lowest BCUT2D eigenvalue weighted by atomic mass is 10.2. The van der Waals surface area contributed by atoms with Crippen molar-refractivity contribution in [1.82, 2.24) is 24.9 Å². The molecule has 154 valence electrons. The van der Waals surface area contributed by atoms with Crippen LogP contribution in [0.4, 0.5) is 13.2 Å². The van der Waals surface area contributed by atoms with Gasteiger partial charge in [-0.05, 0) is 24.3 Å². The molecule has 0 aliphatic heterocycles. The van der Waals surface area contributed by atoms with E-state index < -0.39 is 12.1 Å². The highest BCUT2D eigenvalue weighted by atomic mass is 19.4. The van der Waals surface area contributed by atoms with E-state index >= 15 is 0 Å². The minimum atomic E-state index is -5.08. The summed E-state index contributed by atoms with van der Waals surface area (Å²) in [6.07, 6.45) is -0.157. The van der Waals surface area contributed by atoms with Crippen molar-refractivity contribution in [2.24, 2.45) is 0 Å². The van der Waals surface area contributed by atoms with Gasteiger partial charge in [0.15, 0.2) is 5.82 Å². The summed E-state index contributed by atoms with van der Waals surface area (Å²) in [6, 6.07) is 11.6. The van der Waals surface area contributed by atoms with Crippen LogP contribution in [-0.2, 0) is 4.79 Å². The molecule has 0 bridgehead atoms. The first-order chi connectivity index (χ1) is 14.3. The molecule has 0 aliphatic rings. The van der Waals surface area contributed by atoms with Crippen LogP contribution in [0.1, 0.15) is 0 Å². The van der Waals surface area contributed by atoms with Crippen LogP contribution in [0.2, 0.25) is 0 Å². The van der Waals surface area contributed by atoms with Crippen molar-refractivity contribution in [2.75, 3.05) is 7.11 Å². The number of hydrogen-bond acceptors (Lipinski definition) is 6. The predicted molar refractivity (Wildman–Crippen MR) is 101 cm³/mol. The summed E-state index contributed by atoms with van der Waals surface area (Å²) in [7, 11) is 1.61. The van der Waals surface area contributed by atoms with Crippen molar-refractivity contribution in [3.8, 4) is 28.5 Å². The zero-order valence-electron chi connectivity index (χ0n) is 15.4. The summed E-state index contributed by atoms with van der Waals surface area (Å²) in [4.78, 5) is 29.5. The number of carboxylic acid groups (broad SMARTS) is 1. The van der Waals surface area contributed by atoms with Gasteiger partial charge in [-0.25, -0.2) is 19.7 Å². The Morgan fingerprint density at radius 2 is 1.80 bits per heavy atom. The molecule has 0 amide bonds. The molecule has 4 rings (SSSR count). The third-order valence-corrected chi connectivity index (χ3v) is 3.79. The summed E-state index contributed by atoms with van der Waals surface area (Å²) >= 11 is 0.